The first kappa shape index (κ1) is 8.08. The van der Waals surface area contributed by atoms with Gasteiger partial charge in [0.25, 0.3) is 0 Å². The molecule has 3 N–H and O–H groups in total. The molecule has 11 heavy (non-hydrogen) atoms. The molecule has 1 rings (SSSR count). The number of benzene rings is 1. The van der Waals surface area contributed by atoms with E-state index < -0.39 is 0 Å². The number of hydrogen-bond acceptors (Lipinski definition) is 2. The van der Waals surface area contributed by atoms with Crippen LogP contribution >= 0.6 is 0 Å². The molecule has 2 nitrogen and oxygen atoms in total. The Morgan fingerprint density at radius 2 is 1.91 bits per heavy atom. The highest BCUT2D eigenvalue weighted by Crippen LogP contribution is 2.07. The van der Waals surface area contributed by atoms with Gasteiger partial charge in [-0.15, -0.1) is 0 Å². The van der Waals surface area contributed by atoms with Crippen molar-refractivity contribution in [2.75, 3.05) is 5.73 Å². The predicted octanol–water partition coefficient (Wildman–Crippen LogP) is 1.19. The molecular formula is C9H13NO. The molecular weight excluding hydrogens is 138 g/mol. The maximum atomic E-state index is 9.04. The fourth-order valence-corrected chi connectivity index (χ4v) is 0.995. The summed E-state index contributed by atoms with van der Waals surface area (Å²) in [5.41, 5.74) is 7.38. The summed E-state index contributed by atoms with van der Waals surface area (Å²) in [7, 11) is 0. The van der Waals surface area contributed by atoms with Crippen LogP contribution in [0.5, 0.6) is 0 Å². The van der Waals surface area contributed by atoms with Crippen molar-refractivity contribution in [1.29, 1.82) is 0 Å². The molecule has 1 aromatic carbocycles. The zero-order valence-electron chi connectivity index (χ0n) is 6.62. The van der Waals surface area contributed by atoms with Gasteiger partial charge in [0.2, 0.25) is 0 Å². The molecule has 0 aromatic heterocycles. The molecule has 0 amide bonds. The second-order valence-electron chi connectivity index (χ2n) is 2.79. The van der Waals surface area contributed by atoms with Gasteiger partial charge in [0, 0.05) is 5.69 Å². The Bertz CT molecular complexity index is 216. The minimum Gasteiger partial charge on any atom is -0.399 e. The average Bonchev–Trinajstić information content (AvgIpc) is 1.93. The van der Waals surface area contributed by atoms with Crippen LogP contribution in [0.25, 0.3) is 0 Å². The summed E-state index contributed by atoms with van der Waals surface area (Å²) in [5, 5.41) is 9.04. The number of hydrogen-bond donors (Lipinski definition) is 2. The molecule has 0 bridgehead atoms. The lowest BCUT2D eigenvalue weighted by molar-refractivity contribution is 0.195. The zero-order valence-corrected chi connectivity index (χ0v) is 6.62. The molecule has 0 fully saturated rings. The minimum atomic E-state index is -0.279. The van der Waals surface area contributed by atoms with Crippen LogP contribution in [0.1, 0.15) is 12.5 Å². The van der Waals surface area contributed by atoms with Crippen molar-refractivity contribution in [1.82, 2.24) is 0 Å². The third kappa shape index (κ3) is 2.60. The van der Waals surface area contributed by atoms with Gasteiger partial charge in [0.1, 0.15) is 0 Å². The summed E-state index contributed by atoms with van der Waals surface area (Å²) in [6, 6.07) is 7.56. The second-order valence-corrected chi connectivity index (χ2v) is 2.79. The fourth-order valence-electron chi connectivity index (χ4n) is 0.995. The Balaban J connectivity index is 2.66. The maximum Gasteiger partial charge on any atom is 0.0552 e. The highest BCUT2D eigenvalue weighted by atomic mass is 16.3. The summed E-state index contributed by atoms with van der Waals surface area (Å²) in [6.07, 6.45) is 0.416. The van der Waals surface area contributed by atoms with Gasteiger partial charge >= 0.3 is 0 Å². The monoisotopic (exact) mass is 151 g/mol. The molecule has 0 saturated heterocycles. The van der Waals surface area contributed by atoms with Crippen molar-refractivity contribution in [3.05, 3.63) is 29.8 Å². The first-order valence-corrected chi connectivity index (χ1v) is 3.71. The van der Waals surface area contributed by atoms with E-state index in [1.165, 1.54) is 0 Å². The molecule has 2 heteroatoms. The number of rotatable bonds is 2. The van der Waals surface area contributed by atoms with Crippen LogP contribution in [-0.2, 0) is 6.42 Å². The van der Waals surface area contributed by atoms with Gasteiger partial charge < -0.3 is 10.8 Å². The van der Waals surface area contributed by atoms with Crippen molar-refractivity contribution < 1.29 is 5.11 Å². The second kappa shape index (κ2) is 3.39. The Hall–Kier alpha value is -1.02. The standard InChI is InChI=1S/C9H13NO/c1-7(11)6-8-2-4-9(10)5-3-8/h2-5,7,11H,6,10H2,1H3/t7-/m1/s1. The molecule has 0 spiro atoms. The molecule has 0 aliphatic heterocycles. The lowest BCUT2D eigenvalue weighted by Crippen LogP contribution is -2.03. The minimum absolute atomic E-state index is 0.279. The normalized spacial score (nSPS) is 12.9. The van der Waals surface area contributed by atoms with Crippen molar-refractivity contribution in [2.24, 2.45) is 0 Å². The quantitative estimate of drug-likeness (QED) is 0.624. The van der Waals surface area contributed by atoms with Gasteiger partial charge in [-0.2, -0.15) is 0 Å². The highest BCUT2D eigenvalue weighted by molar-refractivity contribution is 5.39. The van der Waals surface area contributed by atoms with Crippen LogP contribution < -0.4 is 5.73 Å². The van der Waals surface area contributed by atoms with E-state index in [2.05, 4.69) is 0 Å². The molecule has 0 aliphatic carbocycles. The van der Waals surface area contributed by atoms with Gasteiger partial charge in [-0.1, -0.05) is 12.1 Å². The SMILES string of the molecule is C[C@@H](O)Cc1ccc(N)cc1. The van der Waals surface area contributed by atoms with Gasteiger partial charge in [-0.25, -0.2) is 0 Å². The topological polar surface area (TPSA) is 46.2 Å². The van der Waals surface area contributed by atoms with Crippen molar-refractivity contribution in [3.63, 3.8) is 0 Å². The highest BCUT2D eigenvalue weighted by Gasteiger charge is 1.97. The number of anilines is 1. The van der Waals surface area contributed by atoms with Crippen LogP contribution in [0.4, 0.5) is 5.69 Å². The first-order valence-electron chi connectivity index (χ1n) is 3.71. The van der Waals surface area contributed by atoms with Crippen LogP contribution in [-0.4, -0.2) is 11.2 Å². The van der Waals surface area contributed by atoms with E-state index in [1.807, 2.05) is 24.3 Å². The Labute approximate surface area is 66.7 Å². The van der Waals surface area contributed by atoms with E-state index in [-0.39, 0.29) is 6.10 Å². The molecule has 0 saturated carbocycles. The molecule has 0 aliphatic rings. The molecule has 0 heterocycles. The molecule has 1 aromatic rings. The van der Waals surface area contributed by atoms with Gasteiger partial charge in [0.05, 0.1) is 6.10 Å². The number of aliphatic hydroxyl groups is 1. The summed E-state index contributed by atoms with van der Waals surface area (Å²) < 4.78 is 0. The van der Waals surface area contributed by atoms with Crippen molar-refractivity contribution in [2.45, 2.75) is 19.4 Å². The number of aliphatic hydroxyl groups excluding tert-OH is 1. The molecule has 60 valence electrons. The average molecular weight is 151 g/mol. The first-order chi connectivity index (χ1) is 5.18. The maximum absolute atomic E-state index is 9.04. The van der Waals surface area contributed by atoms with E-state index in [0.29, 0.717) is 6.42 Å². The van der Waals surface area contributed by atoms with Gasteiger partial charge in [-0.3, -0.25) is 0 Å². The Morgan fingerprint density at radius 3 is 2.36 bits per heavy atom. The van der Waals surface area contributed by atoms with Crippen LogP contribution in [0.2, 0.25) is 0 Å². The Kier molecular flexibility index (Phi) is 2.49. The molecule has 0 unspecified atom stereocenters. The van der Waals surface area contributed by atoms with Crippen LogP contribution in [0, 0.1) is 0 Å². The van der Waals surface area contributed by atoms with E-state index >= 15 is 0 Å². The summed E-state index contributed by atoms with van der Waals surface area (Å²) in [5.74, 6) is 0. The van der Waals surface area contributed by atoms with Crippen LogP contribution in [0.3, 0.4) is 0 Å². The third-order valence-corrected chi connectivity index (χ3v) is 1.51. The Morgan fingerprint density at radius 1 is 1.36 bits per heavy atom. The number of nitrogen functional groups attached to an aromatic ring is 1. The van der Waals surface area contributed by atoms with E-state index in [9.17, 15) is 0 Å². The fraction of sp³-hybridized carbons (Fsp3) is 0.333. The summed E-state index contributed by atoms with van der Waals surface area (Å²) in [6.45, 7) is 1.77. The van der Waals surface area contributed by atoms with Gasteiger partial charge in [0.15, 0.2) is 0 Å². The lowest BCUT2D eigenvalue weighted by Gasteiger charge is -2.03. The number of nitrogens with two attached hydrogens (primary N) is 1. The molecule has 0 radical (unpaired) electrons. The largest absolute Gasteiger partial charge is 0.399 e. The van der Waals surface area contributed by atoms with Crippen LogP contribution in [0.15, 0.2) is 24.3 Å². The summed E-state index contributed by atoms with van der Waals surface area (Å²) in [4.78, 5) is 0. The third-order valence-electron chi connectivity index (χ3n) is 1.51. The van der Waals surface area contributed by atoms with Gasteiger partial charge in [-0.05, 0) is 31.0 Å². The summed E-state index contributed by atoms with van der Waals surface area (Å²) >= 11 is 0. The smallest absolute Gasteiger partial charge is 0.0552 e. The van der Waals surface area contributed by atoms with E-state index in [4.69, 9.17) is 10.8 Å². The van der Waals surface area contributed by atoms with E-state index in [1.54, 1.807) is 6.92 Å². The lowest BCUT2D eigenvalue weighted by atomic mass is 10.1. The zero-order chi connectivity index (χ0) is 8.27. The predicted molar refractivity (Wildman–Crippen MR) is 46.2 cm³/mol. The van der Waals surface area contributed by atoms with E-state index in [0.717, 1.165) is 11.3 Å². The molecule has 1 atom stereocenters. The van der Waals surface area contributed by atoms with Crippen molar-refractivity contribution in [3.8, 4) is 0 Å². The van der Waals surface area contributed by atoms with Crippen molar-refractivity contribution >= 4 is 5.69 Å².